The zero-order valence-electron chi connectivity index (χ0n) is 20.9. The molecule has 9 heteroatoms. The number of fused-ring (bicyclic) bond motifs is 1. The molecule has 0 radical (unpaired) electrons. The fourth-order valence-electron chi connectivity index (χ4n) is 4.52. The number of thiophene rings is 1. The number of aryl methyl sites for hydroxylation is 1. The molecule has 2 aliphatic heterocycles. The third-order valence-corrected chi connectivity index (χ3v) is 7.28. The molecule has 0 unspecified atom stereocenters. The maximum Gasteiger partial charge on any atom is 0.322 e. The van der Waals surface area contributed by atoms with Crippen LogP contribution in [0, 0.1) is 6.92 Å². The Morgan fingerprint density at radius 1 is 1.03 bits per heavy atom. The van der Waals surface area contributed by atoms with Crippen molar-refractivity contribution in [1.29, 1.82) is 0 Å². The van der Waals surface area contributed by atoms with E-state index in [1.807, 2.05) is 66.9 Å². The highest BCUT2D eigenvalue weighted by molar-refractivity contribution is 7.09. The molecule has 0 bridgehead atoms. The molecule has 1 saturated heterocycles. The van der Waals surface area contributed by atoms with Gasteiger partial charge in [0.05, 0.1) is 12.6 Å². The van der Waals surface area contributed by atoms with Gasteiger partial charge in [-0.15, -0.1) is 11.3 Å². The minimum absolute atomic E-state index is 0.0482. The van der Waals surface area contributed by atoms with E-state index in [2.05, 4.69) is 5.32 Å². The van der Waals surface area contributed by atoms with E-state index >= 15 is 0 Å². The predicted octanol–water partition coefficient (Wildman–Crippen LogP) is 5.03. The molecule has 37 heavy (non-hydrogen) atoms. The second-order valence-electron chi connectivity index (χ2n) is 9.33. The number of benzene rings is 2. The van der Waals surface area contributed by atoms with Crippen LogP contribution >= 0.6 is 11.3 Å². The number of nitrogens with zero attached hydrogens (tertiary/aromatic N) is 2. The molecule has 0 aliphatic carbocycles. The summed E-state index contributed by atoms with van der Waals surface area (Å²) in [7, 11) is 0. The topological polar surface area (TPSA) is 80.3 Å². The Morgan fingerprint density at radius 2 is 1.92 bits per heavy atom. The third kappa shape index (κ3) is 6.61. The SMILES string of the molecule is Cc1cccc(NC(=O)N(CC(=O)N(Cc2ccc3c(c2)OCO3)Cc2cccs2)C[C@H]2CCCO2)c1. The number of ether oxygens (including phenoxy) is 3. The van der Waals surface area contributed by atoms with E-state index in [0.29, 0.717) is 43.4 Å². The van der Waals surface area contributed by atoms with Crippen molar-refractivity contribution in [3.05, 3.63) is 76.0 Å². The Bertz CT molecular complexity index is 1230. The Labute approximate surface area is 220 Å². The quantitative estimate of drug-likeness (QED) is 0.427. The van der Waals surface area contributed by atoms with Gasteiger partial charge in [0.1, 0.15) is 6.54 Å². The lowest BCUT2D eigenvalue weighted by Crippen LogP contribution is -2.46. The van der Waals surface area contributed by atoms with Crippen molar-refractivity contribution in [2.24, 2.45) is 0 Å². The number of urea groups is 1. The molecule has 1 N–H and O–H groups in total. The first-order valence-electron chi connectivity index (χ1n) is 12.5. The van der Waals surface area contributed by atoms with Crippen molar-refractivity contribution in [1.82, 2.24) is 9.80 Å². The van der Waals surface area contributed by atoms with E-state index in [-0.39, 0.29) is 31.4 Å². The molecule has 194 valence electrons. The number of rotatable bonds is 9. The summed E-state index contributed by atoms with van der Waals surface area (Å²) in [5.41, 5.74) is 2.68. The summed E-state index contributed by atoms with van der Waals surface area (Å²) in [5.74, 6) is 1.25. The molecule has 3 amide bonds. The van der Waals surface area contributed by atoms with Gasteiger partial charge >= 0.3 is 6.03 Å². The zero-order chi connectivity index (χ0) is 25.6. The fraction of sp³-hybridized carbons (Fsp3) is 0.357. The predicted molar refractivity (Wildman–Crippen MR) is 142 cm³/mol. The molecule has 2 aliphatic rings. The van der Waals surface area contributed by atoms with Crippen molar-refractivity contribution < 1.29 is 23.8 Å². The minimum Gasteiger partial charge on any atom is -0.454 e. The highest BCUT2D eigenvalue weighted by atomic mass is 32.1. The summed E-state index contributed by atoms with van der Waals surface area (Å²) in [6, 6.07) is 17.0. The lowest BCUT2D eigenvalue weighted by atomic mass is 10.1. The Balaban J connectivity index is 1.33. The highest BCUT2D eigenvalue weighted by Gasteiger charge is 2.27. The highest BCUT2D eigenvalue weighted by Crippen LogP contribution is 2.33. The van der Waals surface area contributed by atoms with Crippen LogP contribution in [0.4, 0.5) is 10.5 Å². The number of nitrogens with one attached hydrogen (secondary N) is 1. The number of hydrogen-bond donors (Lipinski definition) is 1. The van der Waals surface area contributed by atoms with E-state index in [9.17, 15) is 9.59 Å². The maximum atomic E-state index is 13.7. The lowest BCUT2D eigenvalue weighted by Gasteiger charge is -2.29. The monoisotopic (exact) mass is 521 g/mol. The van der Waals surface area contributed by atoms with Gasteiger partial charge in [0, 0.05) is 30.3 Å². The molecule has 3 heterocycles. The smallest absolute Gasteiger partial charge is 0.322 e. The van der Waals surface area contributed by atoms with E-state index in [1.165, 1.54) is 0 Å². The van der Waals surface area contributed by atoms with Gasteiger partial charge in [-0.3, -0.25) is 4.79 Å². The van der Waals surface area contributed by atoms with E-state index in [0.717, 1.165) is 28.8 Å². The van der Waals surface area contributed by atoms with E-state index < -0.39 is 0 Å². The summed E-state index contributed by atoms with van der Waals surface area (Å²) in [6.07, 6.45) is 1.76. The van der Waals surface area contributed by atoms with Gasteiger partial charge in [-0.1, -0.05) is 24.3 Å². The summed E-state index contributed by atoms with van der Waals surface area (Å²) in [4.78, 5) is 31.5. The van der Waals surface area contributed by atoms with Crippen LogP contribution in [0.5, 0.6) is 11.5 Å². The van der Waals surface area contributed by atoms with Crippen molar-refractivity contribution in [2.45, 2.75) is 39.0 Å². The van der Waals surface area contributed by atoms with Crippen LogP contribution in [0.1, 0.15) is 28.8 Å². The van der Waals surface area contributed by atoms with Gasteiger partial charge in [-0.2, -0.15) is 0 Å². The van der Waals surface area contributed by atoms with Crippen LogP contribution in [0.25, 0.3) is 0 Å². The van der Waals surface area contributed by atoms with Crippen LogP contribution in [-0.4, -0.2) is 54.3 Å². The first-order chi connectivity index (χ1) is 18.0. The molecule has 5 rings (SSSR count). The van der Waals surface area contributed by atoms with Gasteiger partial charge in [-0.25, -0.2) is 4.79 Å². The van der Waals surface area contributed by atoms with Gasteiger partial charge < -0.3 is 29.3 Å². The van der Waals surface area contributed by atoms with Crippen LogP contribution in [0.15, 0.2) is 60.0 Å². The number of amides is 3. The summed E-state index contributed by atoms with van der Waals surface area (Å²) in [6.45, 7) is 4.01. The molecule has 1 aromatic heterocycles. The average Bonchev–Trinajstić information content (AvgIpc) is 3.66. The largest absolute Gasteiger partial charge is 0.454 e. The van der Waals surface area contributed by atoms with Crippen LogP contribution in [0.2, 0.25) is 0 Å². The molecule has 3 aromatic rings. The molecule has 2 aromatic carbocycles. The van der Waals surface area contributed by atoms with Crippen molar-refractivity contribution in [3.8, 4) is 11.5 Å². The first kappa shape index (κ1) is 25.1. The van der Waals surface area contributed by atoms with Gasteiger partial charge in [0.25, 0.3) is 0 Å². The lowest BCUT2D eigenvalue weighted by molar-refractivity contribution is -0.133. The van der Waals surface area contributed by atoms with Gasteiger partial charge in [0.2, 0.25) is 12.7 Å². The Hall–Kier alpha value is -3.56. The minimum atomic E-state index is -0.311. The number of anilines is 1. The third-order valence-electron chi connectivity index (χ3n) is 6.42. The normalized spacial score (nSPS) is 16.0. The maximum absolute atomic E-state index is 13.7. The van der Waals surface area contributed by atoms with Crippen molar-refractivity contribution in [3.63, 3.8) is 0 Å². The van der Waals surface area contributed by atoms with Gasteiger partial charge in [-0.05, 0) is 66.6 Å². The Kier molecular flexibility index (Phi) is 7.91. The second kappa shape index (κ2) is 11.7. The summed E-state index contributed by atoms with van der Waals surface area (Å²) in [5, 5.41) is 4.95. The number of carbonyl (C=O) groups excluding carboxylic acids is 2. The first-order valence-corrected chi connectivity index (χ1v) is 13.3. The standard InChI is InChI=1S/C28H31N3O5S/c1-20-5-2-6-22(13-20)29-28(33)31(16-23-7-3-11-34-23)18-27(32)30(17-24-8-4-12-37-24)15-21-9-10-25-26(14-21)36-19-35-25/h2,4-6,8-10,12-14,23H,3,7,11,15-19H2,1H3,(H,29,33)/t23-/m1/s1. The van der Waals surface area contributed by atoms with Crippen LogP contribution < -0.4 is 14.8 Å². The average molecular weight is 522 g/mol. The van der Waals surface area contributed by atoms with Crippen LogP contribution in [0.3, 0.4) is 0 Å². The fourth-order valence-corrected chi connectivity index (χ4v) is 5.24. The second-order valence-corrected chi connectivity index (χ2v) is 10.4. The van der Waals surface area contributed by atoms with E-state index in [4.69, 9.17) is 14.2 Å². The van der Waals surface area contributed by atoms with Crippen molar-refractivity contribution >= 4 is 29.0 Å². The van der Waals surface area contributed by atoms with Gasteiger partial charge in [0.15, 0.2) is 11.5 Å². The molecule has 0 saturated carbocycles. The molecular weight excluding hydrogens is 490 g/mol. The van der Waals surface area contributed by atoms with Crippen LogP contribution in [-0.2, 0) is 22.6 Å². The number of hydrogen-bond acceptors (Lipinski definition) is 6. The molecule has 1 atom stereocenters. The zero-order valence-corrected chi connectivity index (χ0v) is 21.7. The van der Waals surface area contributed by atoms with E-state index in [1.54, 1.807) is 21.1 Å². The summed E-state index contributed by atoms with van der Waals surface area (Å²) < 4.78 is 16.7. The molecule has 8 nitrogen and oxygen atoms in total. The molecule has 0 spiro atoms. The van der Waals surface area contributed by atoms with Crippen molar-refractivity contribution in [2.75, 3.05) is 31.8 Å². The molecule has 1 fully saturated rings. The molecular formula is C28H31N3O5S. The number of carbonyl (C=O) groups is 2. The summed E-state index contributed by atoms with van der Waals surface area (Å²) >= 11 is 1.60. The Morgan fingerprint density at radius 3 is 2.70 bits per heavy atom.